The van der Waals surface area contributed by atoms with E-state index in [0.717, 1.165) is 6.42 Å². The van der Waals surface area contributed by atoms with Gasteiger partial charge >= 0.3 is 0 Å². The summed E-state index contributed by atoms with van der Waals surface area (Å²) in [5, 5.41) is 3.20. The van der Waals surface area contributed by atoms with E-state index in [4.69, 9.17) is 0 Å². The Morgan fingerprint density at radius 2 is 1.91 bits per heavy atom. The van der Waals surface area contributed by atoms with Crippen molar-refractivity contribution in [3.63, 3.8) is 0 Å². The van der Waals surface area contributed by atoms with Crippen molar-refractivity contribution in [2.75, 3.05) is 0 Å². The minimum Gasteiger partial charge on any atom is -0.151 e. The monoisotopic (exact) mass is 155 g/mol. The lowest BCUT2D eigenvalue weighted by molar-refractivity contribution is 0.240. The summed E-state index contributed by atoms with van der Waals surface area (Å²) in [7, 11) is 0. The van der Waals surface area contributed by atoms with E-state index in [1.54, 1.807) is 0 Å². The Morgan fingerprint density at radius 3 is 2.36 bits per heavy atom. The standard InChI is InChI=1S/C9H17NO/c1-7(2)8-5-3-4-6-9(8)10-11/h7-9H,3-6H2,1-2H3. The van der Waals surface area contributed by atoms with Crippen LogP contribution in [0.1, 0.15) is 39.5 Å². The average Bonchev–Trinajstić information content (AvgIpc) is 2.04. The Bertz CT molecular complexity index is 134. The first-order chi connectivity index (χ1) is 5.25. The molecule has 11 heavy (non-hydrogen) atoms. The van der Waals surface area contributed by atoms with Crippen LogP contribution in [0.3, 0.4) is 0 Å². The highest BCUT2D eigenvalue weighted by Gasteiger charge is 2.27. The summed E-state index contributed by atoms with van der Waals surface area (Å²) in [5.41, 5.74) is 0. The number of nitroso groups, excluding NO2 is 1. The second-order valence-electron chi connectivity index (χ2n) is 3.87. The third-order valence-corrected chi connectivity index (χ3v) is 2.77. The molecule has 2 atom stereocenters. The average molecular weight is 155 g/mol. The van der Waals surface area contributed by atoms with Crippen LogP contribution in [-0.4, -0.2) is 6.04 Å². The van der Waals surface area contributed by atoms with Gasteiger partial charge in [-0.1, -0.05) is 31.9 Å². The molecule has 1 saturated carbocycles. The third-order valence-electron chi connectivity index (χ3n) is 2.77. The summed E-state index contributed by atoms with van der Waals surface area (Å²) in [4.78, 5) is 10.4. The number of rotatable bonds is 2. The van der Waals surface area contributed by atoms with Crippen LogP contribution in [0.15, 0.2) is 5.18 Å². The van der Waals surface area contributed by atoms with Crippen LogP contribution < -0.4 is 0 Å². The maximum atomic E-state index is 10.4. The highest BCUT2D eigenvalue weighted by atomic mass is 16.3. The second-order valence-corrected chi connectivity index (χ2v) is 3.87. The van der Waals surface area contributed by atoms with Gasteiger partial charge in [0.2, 0.25) is 0 Å². The SMILES string of the molecule is CC(C)C1CCCCC1N=O. The number of hydrogen-bond donors (Lipinski definition) is 0. The van der Waals surface area contributed by atoms with Crippen LogP contribution in [0.25, 0.3) is 0 Å². The van der Waals surface area contributed by atoms with E-state index in [9.17, 15) is 4.91 Å². The van der Waals surface area contributed by atoms with Gasteiger partial charge in [-0.15, -0.1) is 0 Å². The smallest absolute Gasteiger partial charge is 0.0950 e. The van der Waals surface area contributed by atoms with Crippen LogP contribution in [0.2, 0.25) is 0 Å². The zero-order valence-corrected chi connectivity index (χ0v) is 7.42. The van der Waals surface area contributed by atoms with Crippen molar-refractivity contribution in [1.82, 2.24) is 0 Å². The minimum atomic E-state index is 0.115. The second kappa shape index (κ2) is 3.84. The van der Waals surface area contributed by atoms with Gasteiger partial charge in [0, 0.05) is 0 Å². The van der Waals surface area contributed by atoms with Gasteiger partial charge in [-0.05, 0) is 24.7 Å². The fourth-order valence-corrected chi connectivity index (χ4v) is 2.05. The quantitative estimate of drug-likeness (QED) is 0.564. The molecule has 0 aromatic rings. The molecule has 1 aliphatic carbocycles. The molecule has 1 fully saturated rings. The Kier molecular flexibility index (Phi) is 3.03. The van der Waals surface area contributed by atoms with Gasteiger partial charge in [-0.2, -0.15) is 4.91 Å². The summed E-state index contributed by atoms with van der Waals surface area (Å²) in [6, 6.07) is 0.115. The van der Waals surface area contributed by atoms with Gasteiger partial charge in [0.05, 0.1) is 6.04 Å². The number of hydrogen-bond acceptors (Lipinski definition) is 2. The van der Waals surface area contributed by atoms with Crippen molar-refractivity contribution >= 4 is 0 Å². The van der Waals surface area contributed by atoms with Crippen molar-refractivity contribution in [2.45, 2.75) is 45.6 Å². The Hall–Kier alpha value is -0.400. The van der Waals surface area contributed by atoms with Gasteiger partial charge in [0.1, 0.15) is 0 Å². The summed E-state index contributed by atoms with van der Waals surface area (Å²) in [6.45, 7) is 4.38. The van der Waals surface area contributed by atoms with Crippen LogP contribution in [0.5, 0.6) is 0 Å². The molecular weight excluding hydrogens is 138 g/mol. The Labute approximate surface area is 68.3 Å². The summed E-state index contributed by atoms with van der Waals surface area (Å²) in [6.07, 6.45) is 4.70. The molecule has 1 rings (SSSR count). The van der Waals surface area contributed by atoms with Gasteiger partial charge in [-0.3, -0.25) is 0 Å². The molecule has 0 bridgehead atoms. The summed E-state index contributed by atoms with van der Waals surface area (Å²) in [5.74, 6) is 1.18. The van der Waals surface area contributed by atoms with Crippen LogP contribution in [0.4, 0.5) is 0 Å². The predicted molar refractivity (Wildman–Crippen MR) is 46.4 cm³/mol. The summed E-state index contributed by atoms with van der Waals surface area (Å²) >= 11 is 0. The minimum absolute atomic E-state index is 0.115. The summed E-state index contributed by atoms with van der Waals surface area (Å²) < 4.78 is 0. The fraction of sp³-hybridized carbons (Fsp3) is 1.00. The molecule has 0 spiro atoms. The van der Waals surface area contributed by atoms with E-state index < -0.39 is 0 Å². The van der Waals surface area contributed by atoms with Gasteiger partial charge in [0.15, 0.2) is 0 Å². The molecular formula is C9H17NO. The van der Waals surface area contributed by atoms with Crippen molar-refractivity contribution in [3.05, 3.63) is 4.91 Å². The van der Waals surface area contributed by atoms with E-state index in [1.807, 2.05) is 0 Å². The normalized spacial score (nSPS) is 32.3. The fourth-order valence-electron chi connectivity index (χ4n) is 2.05. The Morgan fingerprint density at radius 1 is 1.27 bits per heavy atom. The van der Waals surface area contributed by atoms with Gasteiger partial charge in [0.25, 0.3) is 0 Å². The maximum Gasteiger partial charge on any atom is 0.0950 e. The molecule has 2 unspecified atom stereocenters. The van der Waals surface area contributed by atoms with Crippen LogP contribution >= 0.6 is 0 Å². The molecule has 0 heterocycles. The third kappa shape index (κ3) is 2.01. The molecule has 0 saturated heterocycles. The van der Waals surface area contributed by atoms with Crippen molar-refractivity contribution in [2.24, 2.45) is 17.0 Å². The van der Waals surface area contributed by atoms with E-state index >= 15 is 0 Å². The first-order valence-electron chi connectivity index (χ1n) is 4.58. The highest BCUT2D eigenvalue weighted by molar-refractivity contribution is 4.82. The lowest BCUT2D eigenvalue weighted by atomic mass is 9.78. The first-order valence-corrected chi connectivity index (χ1v) is 4.58. The molecule has 0 aromatic carbocycles. The molecule has 2 heteroatoms. The van der Waals surface area contributed by atoms with Crippen molar-refractivity contribution in [3.8, 4) is 0 Å². The molecule has 0 aliphatic heterocycles. The zero-order chi connectivity index (χ0) is 8.27. The van der Waals surface area contributed by atoms with E-state index in [0.29, 0.717) is 11.8 Å². The van der Waals surface area contributed by atoms with Gasteiger partial charge in [-0.25, -0.2) is 0 Å². The number of nitrogens with zero attached hydrogens (tertiary/aromatic N) is 1. The van der Waals surface area contributed by atoms with E-state index in [2.05, 4.69) is 19.0 Å². The molecule has 0 aromatic heterocycles. The molecule has 0 amide bonds. The first kappa shape index (κ1) is 8.69. The lowest BCUT2D eigenvalue weighted by Crippen LogP contribution is -2.26. The van der Waals surface area contributed by atoms with Crippen molar-refractivity contribution < 1.29 is 0 Å². The lowest BCUT2D eigenvalue weighted by Gasteiger charge is -2.29. The molecule has 64 valence electrons. The van der Waals surface area contributed by atoms with Gasteiger partial charge < -0.3 is 0 Å². The van der Waals surface area contributed by atoms with Crippen molar-refractivity contribution in [1.29, 1.82) is 0 Å². The Balaban J connectivity index is 2.51. The highest BCUT2D eigenvalue weighted by Crippen LogP contribution is 2.31. The van der Waals surface area contributed by atoms with Crippen LogP contribution in [-0.2, 0) is 0 Å². The molecule has 2 nitrogen and oxygen atoms in total. The largest absolute Gasteiger partial charge is 0.151 e. The maximum absolute atomic E-state index is 10.4. The van der Waals surface area contributed by atoms with E-state index in [-0.39, 0.29) is 6.04 Å². The molecule has 0 N–H and O–H groups in total. The zero-order valence-electron chi connectivity index (χ0n) is 7.42. The topological polar surface area (TPSA) is 29.4 Å². The molecule has 0 radical (unpaired) electrons. The predicted octanol–water partition coefficient (Wildman–Crippen LogP) is 2.97. The molecule has 1 aliphatic rings. The van der Waals surface area contributed by atoms with Crippen LogP contribution in [0, 0.1) is 16.7 Å². The van der Waals surface area contributed by atoms with E-state index in [1.165, 1.54) is 19.3 Å².